The average Bonchev–Trinajstić information content (AvgIpc) is 3.40. The standard InChI is InChI=1S/C22H28N4O3S/c27-20-14-18(17-7-12-30-15-17)23-19(24-20)13-16-5-10-26(11-6-16)22(29)4-2-9-25-8-1-3-21(25)28/h7,12,14-16H,1-6,8-11,13H2,(H,23,24,27). The molecule has 2 fully saturated rings. The molecule has 1 N–H and O–H groups in total. The number of amides is 2. The Balaban J connectivity index is 1.24. The third kappa shape index (κ3) is 5.16. The zero-order valence-corrected chi connectivity index (χ0v) is 18.0. The molecule has 0 aromatic carbocycles. The van der Waals surface area contributed by atoms with Crippen molar-refractivity contribution in [2.24, 2.45) is 5.92 Å². The maximum absolute atomic E-state index is 12.5. The number of likely N-dealkylation sites (tertiary alicyclic amines) is 2. The Hall–Kier alpha value is -2.48. The summed E-state index contributed by atoms with van der Waals surface area (Å²) in [5, 5.41) is 3.98. The molecule has 2 aliphatic heterocycles. The number of carbonyl (C=O) groups excluding carboxylic acids is 2. The summed E-state index contributed by atoms with van der Waals surface area (Å²) in [7, 11) is 0. The molecule has 0 saturated carbocycles. The van der Waals surface area contributed by atoms with E-state index >= 15 is 0 Å². The first-order chi connectivity index (χ1) is 14.6. The van der Waals surface area contributed by atoms with Crippen molar-refractivity contribution in [3.63, 3.8) is 0 Å². The summed E-state index contributed by atoms with van der Waals surface area (Å²) in [6.45, 7) is 3.03. The van der Waals surface area contributed by atoms with Crippen molar-refractivity contribution < 1.29 is 9.59 Å². The largest absolute Gasteiger partial charge is 0.343 e. The SMILES string of the molecule is O=C1CCCN1CCCC(=O)N1CCC(Cc2nc(-c3ccsc3)cc(=O)[nH]2)CC1. The second kappa shape index (κ2) is 9.55. The maximum Gasteiger partial charge on any atom is 0.251 e. The van der Waals surface area contributed by atoms with Crippen molar-refractivity contribution in [2.75, 3.05) is 26.2 Å². The van der Waals surface area contributed by atoms with E-state index in [2.05, 4.69) is 9.97 Å². The lowest BCUT2D eigenvalue weighted by Crippen LogP contribution is -2.39. The van der Waals surface area contributed by atoms with Crippen LogP contribution < -0.4 is 5.56 Å². The monoisotopic (exact) mass is 428 g/mol. The molecule has 0 bridgehead atoms. The first-order valence-electron chi connectivity index (χ1n) is 10.8. The number of thiophene rings is 1. The van der Waals surface area contributed by atoms with Gasteiger partial charge >= 0.3 is 0 Å². The average molecular weight is 429 g/mol. The van der Waals surface area contributed by atoms with Gasteiger partial charge in [0, 0.05) is 62.5 Å². The van der Waals surface area contributed by atoms with E-state index < -0.39 is 0 Å². The smallest absolute Gasteiger partial charge is 0.251 e. The summed E-state index contributed by atoms with van der Waals surface area (Å²) < 4.78 is 0. The van der Waals surface area contributed by atoms with Gasteiger partial charge in [-0.15, -0.1) is 0 Å². The summed E-state index contributed by atoms with van der Waals surface area (Å²) in [5.74, 6) is 1.55. The Labute approximate surface area is 180 Å². The Morgan fingerprint density at radius 2 is 2.07 bits per heavy atom. The number of piperidine rings is 1. The van der Waals surface area contributed by atoms with E-state index in [1.807, 2.05) is 26.6 Å². The molecule has 160 valence electrons. The van der Waals surface area contributed by atoms with Crippen molar-refractivity contribution >= 4 is 23.2 Å². The number of rotatable bonds is 7. The number of nitrogens with zero attached hydrogens (tertiary/aromatic N) is 3. The molecule has 0 spiro atoms. The van der Waals surface area contributed by atoms with Gasteiger partial charge in [0.05, 0.1) is 5.69 Å². The third-order valence-electron chi connectivity index (χ3n) is 6.05. The van der Waals surface area contributed by atoms with Crippen LogP contribution >= 0.6 is 11.3 Å². The van der Waals surface area contributed by atoms with Gasteiger partial charge in [-0.2, -0.15) is 11.3 Å². The summed E-state index contributed by atoms with van der Waals surface area (Å²) in [6.07, 6.45) is 5.41. The van der Waals surface area contributed by atoms with Crippen LogP contribution in [0, 0.1) is 5.92 Å². The van der Waals surface area contributed by atoms with Gasteiger partial charge in [-0.1, -0.05) is 0 Å². The number of nitrogens with one attached hydrogen (secondary N) is 1. The zero-order valence-electron chi connectivity index (χ0n) is 17.1. The molecule has 2 amide bonds. The van der Waals surface area contributed by atoms with Crippen LogP contribution in [-0.2, 0) is 16.0 Å². The van der Waals surface area contributed by atoms with Crippen LogP contribution in [0.4, 0.5) is 0 Å². The predicted octanol–water partition coefficient (Wildman–Crippen LogP) is 2.68. The highest BCUT2D eigenvalue weighted by molar-refractivity contribution is 7.08. The molecule has 2 saturated heterocycles. The van der Waals surface area contributed by atoms with Gasteiger partial charge in [-0.3, -0.25) is 14.4 Å². The quantitative estimate of drug-likeness (QED) is 0.735. The molecule has 4 heterocycles. The normalized spacial score (nSPS) is 17.7. The molecule has 2 aromatic heterocycles. The molecule has 0 atom stereocenters. The minimum absolute atomic E-state index is 0.120. The molecule has 7 nitrogen and oxygen atoms in total. The number of hydrogen-bond donors (Lipinski definition) is 1. The van der Waals surface area contributed by atoms with Crippen molar-refractivity contribution in [1.82, 2.24) is 19.8 Å². The minimum atomic E-state index is -0.120. The van der Waals surface area contributed by atoms with E-state index in [1.165, 1.54) is 0 Å². The van der Waals surface area contributed by atoms with Gasteiger partial charge in [0.25, 0.3) is 5.56 Å². The van der Waals surface area contributed by atoms with Crippen LogP contribution in [-0.4, -0.2) is 57.8 Å². The fourth-order valence-corrected chi connectivity index (χ4v) is 4.99. The highest BCUT2D eigenvalue weighted by Gasteiger charge is 2.24. The van der Waals surface area contributed by atoms with Crippen LogP contribution in [0.3, 0.4) is 0 Å². The molecule has 0 radical (unpaired) electrons. The van der Waals surface area contributed by atoms with E-state index in [9.17, 15) is 14.4 Å². The second-order valence-corrected chi connectivity index (χ2v) is 8.99. The number of hydrogen-bond acceptors (Lipinski definition) is 5. The van der Waals surface area contributed by atoms with Gasteiger partial charge in [0.15, 0.2) is 0 Å². The first-order valence-corrected chi connectivity index (χ1v) is 11.7. The molecular formula is C22H28N4O3S. The molecule has 0 unspecified atom stereocenters. The van der Waals surface area contributed by atoms with Crippen LogP contribution in [0.1, 0.15) is 44.3 Å². The van der Waals surface area contributed by atoms with Crippen molar-refractivity contribution in [3.05, 3.63) is 39.1 Å². The summed E-state index contributed by atoms with van der Waals surface area (Å²) >= 11 is 1.59. The Morgan fingerprint density at radius 3 is 2.77 bits per heavy atom. The fourth-order valence-electron chi connectivity index (χ4n) is 4.34. The lowest BCUT2D eigenvalue weighted by molar-refractivity contribution is -0.133. The zero-order chi connectivity index (χ0) is 20.9. The third-order valence-corrected chi connectivity index (χ3v) is 6.73. The maximum atomic E-state index is 12.5. The molecule has 2 aliphatic rings. The molecular weight excluding hydrogens is 400 g/mol. The Bertz CT molecular complexity index is 932. The lowest BCUT2D eigenvalue weighted by Gasteiger charge is -2.32. The van der Waals surface area contributed by atoms with E-state index in [0.717, 1.165) is 68.8 Å². The molecule has 8 heteroatoms. The number of H-pyrrole nitrogens is 1. The van der Waals surface area contributed by atoms with Crippen molar-refractivity contribution in [3.8, 4) is 11.3 Å². The van der Waals surface area contributed by atoms with Gasteiger partial charge < -0.3 is 14.8 Å². The highest BCUT2D eigenvalue weighted by atomic mass is 32.1. The molecule has 4 rings (SSSR count). The van der Waals surface area contributed by atoms with Crippen molar-refractivity contribution in [1.29, 1.82) is 0 Å². The van der Waals surface area contributed by atoms with E-state index in [4.69, 9.17) is 0 Å². The molecule has 30 heavy (non-hydrogen) atoms. The van der Waals surface area contributed by atoms with Crippen LogP contribution in [0.25, 0.3) is 11.3 Å². The first kappa shape index (κ1) is 20.8. The van der Waals surface area contributed by atoms with Crippen LogP contribution in [0.2, 0.25) is 0 Å². The van der Waals surface area contributed by atoms with Crippen LogP contribution in [0.15, 0.2) is 27.7 Å². The number of aromatic amines is 1. The summed E-state index contributed by atoms with van der Waals surface area (Å²) in [5.41, 5.74) is 1.58. The number of aromatic nitrogens is 2. The highest BCUT2D eigenvalue weighted by Crippen LogP contribution is 2.23. The van der Waals surface area contributed by atoms with E-state index in [1.54, 1.807) is 17.4 Å². The van der Waals surface area contributed by atoms with Gasteiger partial charge in [-0.05, 0) is 43.0 Å². The Morgan fingerprint density at radius 1 is 1.23 bits per heavy atom. The summed E-state index contributed by atoms with van der Waals surface area (Å²) in [4.78, 5) is 47.5. The fraction of sp³-hybridized carbons (Fsp3) is 0.545. The van der Waals surface area contributed by atoms with Crippen molar-refractivity contribution in [2.45, 2.75) is 44.9 Å². The molecule has 0 aliphatic carbocycles. The van der Waals surface area contributed by atoms with E-state index in [-0.39, 0.29) is 17.4 Å². The second-order valence-electron chi connectivity index (χ2n) is 8.21. The minimum Gasteiger partial charge on any atom is -0.343 e. The lowest BCUT2D eigenvalue weighted by atomic mass is 9.93. The number of carbonyl (C=O) groups is 2. The van der Waals surface area contributed by atoms with Gasteiger partial charge in [0.2, 0.25) is 11.8 Å². The van der Waals surface area contributed by atoms with Crippen LogP contribution in [0.5, 0.6) is 0 Å². The summed E-state index contributed by atoms with van der Waals surface area (Å²) in [6, 6.07) is 3.52. The molecule has 2 aromatic rings. The van der Waals surface area contributed by atoms with E-state index in [0.29, 0.717) is 25.3 Å². The predicted molar refractivity (Wildman–Crippen MR) is 116 cm³/mol. The topological polar surface area (TPSA) is 86.4 Å². The van der Waals surface area contributed by atoms with Gasteiger partial charge in [-0.25, -0.2) is 4.98 Å². The van der Waals surface area contributed by atoms with Gasteiger partial charge in [0.1, 0.15) is 5.82 Å². The Kier molecular flexibility index (Phi) is 6.62.